The van der Waals surface area contributed by atoms with Crippen LogP contribution in [0.1, 0.15) is 5.56 Å². The molecule has 0 radical (unpaired) electrons. The molecule has 1 aliphatic rings. The zero-order chi connectivity index (χ0) is 19.6. The number of nitrogens with zero attached hydrogens (tertiary/aromatic N) is 5. The first kappa shape index (κ1) is 17.8. The van der Waals surface area contributed by atoms with Crippen LogP contribution in [0.2, 0.25) is 0 Å². The number of rotatable bonds is 4. The normalized spacial score (nSPS) is 15.0. The van der Waals surface area contributed by atoms with E-state index in [1.54, 1.807) is 10.7 Å². The first-order valence-corrected chi connectivity index (χ1v) is 9.85. The molecule has 7 nitrogen and oxygen atoms in total. The molecule has 0 spiro atoms. The summed E-state index contributed by atoms with van der Waals surface area (Å²) in [6.07, 6.45) is 5.61. The Balaban J connectivity index is 1.47. The number of anilines is 1. The number of piperazine rings is 1. The number of benzene rings is 1. The Hall–Kier alpha value is -3.29. The van der Waals surface area contributed by atoms with E-state index in [1.807, 2.05) is 30.6 Å². The fraction of sp³-hybridized carbons (Fsp3) is 0.227. The van der Waals surface area contributed by atoms with Crippen molar-refractivity contribution in [2.75, 3.05) is 31.9 Å². The van der Waals surface area contributed by atoms with Crippen molar-refractivity contribution in [2.45, 2.75) is 6.54 Å². The van der Waals surface area contributed by atoms with Crippen molar-refractivity contribution in [3.63, 3.8) is 0 Å². The minimum atomic E-state index is 0.431. The van der Waals surface area contributed by atoms with Crippen molar-refractivity contribution in [1.29, 1.82) is 0 Å². The SMILES string of the molecule is Nc1nn2cc(-c3cccc(CN4CCNCC4)c3)cnc2c1-c1ccccn1. The molecule has 3 N–H and O–H groups in total. The third-order valence-corrected chi connectivity index (χ3v) is 5.30. The van der Waals surface area contributed by atoms with Gasteiger partial charge in [-0.05, 0) is 29.3 Å². The highest BCUT2D eigenvalue weighted by molar-refractivity contribution is 5.84. The van der Waals surface area contributed by atoms with Gasteiger partial charge in [0.05, 0.1) is 11.3 Å². The van der Waals surface area contributed by atoms with Crippen LogP contribution in [-0.2, 0) is 6.54 Å². The minimum Gasteiger partial charge on any atom is -0.382 e. The summed E-state index contributed by atoms with van der Waals surface area (Å²) in [5.74, 6) is 0.431. The minimum absolute atomic E-state index is 0.431. The molecule has 0 aliphatic carbocycles. The van der Waals surface area contributed by atoms with Crippen molar-refractivity contribution < 1.29 is 0 Å². The third kappa shape index (κ3) is 3.57. The lowest BCUT2D eigenvalue weighted by Crippen LogP contribution is -2.42. The second-order valence-corrected chi connectivity index (χ2v) is 7.31. The smallest absolute Gasteiger partial charge is 0.166 e. The second kappa shape index (κ2) is 7.62. The Morgan fingerprint density at radius 3 is 2.72 bits per heavy atom. The van der Waals surface area contributed by atoms with Crippen molar-refractivity contribution in [3.05, 3.63) is 66.6 Å². The fourth-order valence-electron chi connectivity index (χ4n) is 3.83. The lowest BCUT2D eigenvalue weighted by Gasteiger charge is -2.27. The molecule has 4 aromatic rings. The van der Waals surface area contributed by atoms with E-state index in [2.05, 4.69) is 49.5 Å². The highest BCUT2D eigenvalue weighted by atomic mass is 15.3. The molecule has 1 aromatic carbocycles. The van der Waals surface area contributed by atoms with Crippen LogP contribution in [0.4, 0.5) is 5.82 Å². The molecule has 1 saturated heterocycles. The topological polar surface area (TPSA) is 84.4 Å². The van der Waals surface area contributed by atoms with Crippen LogP contribution in [0.25, 0.3) is 28.0 Å². The predicted molar refractivity (Wildman–Crippen MR) is 114 cm³/mol. The maximum Gasteiger partial charge on any atom is 0.166 e. The largest absolute Gasteiger partial charge is 0.382 e. The predicted octanol–water partition coefficient (Wildman–Crippen LogP) is 2.45. The van der Waals surface area contributed by atoms with Gasteiger partial charge in [-0.1, -0.05) is 24.3 Å². The number of nitrogens with two attached hydrogens (primary N) is 1. The van der Waals surface area contributed by atoms with Crippen LogP contribution in [-0.4, -0.2) is 50.7 Å². The number of fused-ring (bicyclic) bond motifs is 1. The van der Waals surface area contributed by atoms with E-state index >= 15 is 0 Å². The molecule has 5 rings (SSSR count). The average Bonchev–Trinajstić information content (AvgIpc) is 3.10. The van der Waals surface area contributed by atoms with E-state index in [0.717, 1.165) is 55.1 Å². The molecule has 29 heavy (non-hydrogen) atoms. The number of hydrogen-bond donors (Lipinski definition) is 2. The molecule has 0 atom stereocenters. The lowest BCUT2D eigenvalue weighted by atomic mass is 10.1. The number of hydrogen-bond acceptors (Lipinski definition) is 6. The van der Waals surface area contributed by atoms with Crippen molar-refractivity contribution in [1.82, 2.24) is 29.8 Å². The van der Waals surface area contributed by atoms with Gasteiger partial charge in [-0.2, -0.15) is 0 Å². The Kier molecular flexibility index (Phi) is 4.67. The molecule has 0 amide bonds. The molecule has 146 valence electrons. The van der Waals surface area contributed by atoms with E-state index in [1.165, 1.54) is 5.56 Å². The number of nitrogen functional groups attached to an aromatic ring is 1. The van der Waals surface area contributed by atoms with Crippen LogP contribution in [0.5, 0.6) is 0 Å². The first-order chi connectivity index (χ1) is 14.3. The second-order valence-electron chi connectivity index (χ2n) is 7.31. The van der Waals surface area contributed by atoms with Crippen LogP contribution < -0.4 is 11.1 Å². The molecule has 1 fully saturated rings. The Morgan fingerprint density at radius 1 is 1.00 bits per heavy atom. The molecular weight excluding hydrogens is 362 g/mol. The molecule has 1 aliphatic heterocycles. The van der Waals surface area contributed by atoms with Crippen molar-refractivity contribution in [2.24, 2.45) is 0 Å². The average molecular weight is 385 g/mol. The van der Waals surface area contributed by atoms with Crippen LogP contribution in [0.15, 0.2) is 61.1 Å². The molecule has 4 heterocycles. The van der Waals surface area contributed by atoms with Gasteiger partial charge >= 0.3 is 0 Å². The summed E-state index contributed by atoms with van der Waals surface area (Å²) in [7, 11) is 0. The third-order valence-electron chi connectivity index (χ3n) is 5.30. The quantitative estimate of drug-likeness (QED) is 0.561. The lowest BCUT2D eigenvalue weighted by molar-refractivity contribution is 0.233. The summed E-state index contributed by atoms with van der Waals surface area (Å²) in [5, 5.41) is 7.87. The maximum atomic E-state index is 6.18. The van der Waals surface area contributed by atoms with E-state index in [9.17, 15) is 0 Å². The van der Waals surface area contributed by atoms with E-state index in [-0.39, 0.29) is 0 Å². The van der Waals surface area contributed by atoms with Gasteiger partial charge in [0.1, 0.15) is 0 Å². The maximum absolute atomic E-state index is 6.18. The van der Waals surface area contributed by atoms with E-state index in [0.29, 0.717) is 11.5 Å². The van der Waals surface area contributed by atoms with E-state index < -0.39 is 0 Å². The number of pyridine rings is 1. The van der Waals surface area contributed by atoms with Crippen LogP contribution in [0, 0.1) is 0 Å². The first-order valence-electron chi connectivity index (χ1n) is 9.85. The van der Waals surface area contributed by atoms with Gasteiger partial charge < -0.3 is 11.1 Å². The van der Waals surface area contributed by atoms with Gasteiger partial charge in [0.15, 0.2) is 11.5 Å². The molecule has 7 heteroatoms. The molecule has 0 unspecified atom stereocenters. The van der Waals surface area contributed by atoms with Crippen molar-refractivity contribution in [3.8, 4) is 22.4 Å². The molecule has 0 bridgehead atoms. The standard InChI is InChI=1S/C22H23N7/c23-21-20(19-6-1-2-7-25-19)22-26-13-18(15-29(22)27-21)17-5-3-4-16(12-17)14-28-10-8-24-9-11-28/h1-7,12-13,15,24H,8-11,14H2,(H2,23,27). The Labute approximate surface area is 169 Å². The van der Waals surface area contributed by atoms with Gasteiger partial charge in [0.2, 0.25) is 0 Å². The van der Waals surface area contributed by atoms with Gasteiger partial charge in [0.25, 0.3) is 0 Å². The van der Waals surface area contributed by atoms with Crippen LogP contribution >= 0.6 is 0 Å². The summed E-state index contributed by atoms with van der Waals surface area (Å²) in [5.41, 5.74) is 11.9. The van der Waals surface area contributed by atoms with Gasteiger partial charge in [0, 0.05) is 56.9 Å². The number of nitrogens with one attached hydrogen (secondary N) is 1. The molecule has 3 aromatic heterocycles. The summed E-state index contributed by atoms with van der Waals surface area (Å²) in [4.78, 5) is 11.5. The summed E-state index contributed by atoms with van der Waals surface area (Å²) in [6, 6.07) is 14.4. The monoisotopic (exact) mass is 385 g/mol. The van der Waals surface area contributed by atoms with Crippen molar-refractivity contribution >= 4 is 11.5 Å². The molecular formula is C22H23N7. The zero-order valence-electron chi connectivity index (χ0n) is 16.1. The Morgan fingerprint density at radius 2 is 1.90 bits per heavy atom. The number of aromatic nitrogens is 4. The van der Waals surface area contributed by atoms with Crippen LogP contribution in [0.3, 0.4) is 0 Å². The van der Waals surface area contributed by atoms with Gasteiger partial charge in [-0.3, -0.25) is 9.88 Å². The zero-order valence-corrected chi connectivity index (χ0v) is 16.1. The Bertz CT molecular complexity index is 1130. The summed E-state index contributed by atoms with van der Waals surface area (Å²) < 4.78 is 1.75. The highest BCUT2D eigenvalue weighted by Gasteiger charge is 2.16. The summed E-state index contributed by atoms with van der Waals surface area (Å²) >= 11 is 0. The van der Waals surface area contributed by atoms with E-state index in [4.69, 9.17) is 5.73 Å². The fourth-order valence-corrected chi connectivity index (χ4v) is 3.83. The van der Waals surface area contributed by atoms with Gasteiger partial charge in [-0.15, -0.1) is 5.10 Å². The highest BCUT2D eigenvalue weighted by Crippen LogP contribution is 2.29. The molecule has 0 saturated carbocycles. The van der Waals surface area contributed by atoms with Gasteiger partial charge in [-0.25, -0.2) is 9.50 Å². The summed E-state index contributed by atoms with van der Waals surface area (Å²) in [6.45, 7) is 5.24.